The number of hydrogen-bond donors (Lipinski definition) is 3. The second kappa shape index (κ2) is 3.48. The summed E-state index contributed by atoms with van der Waals surface area (Å²) in [6, 6.07) is 7.73. The highest BCUT2D eigenvalue weighted by Crippen LogP contribution is 2.15. The van der Waals surface area contributed by atoms with Crippen molar-refractivity contribution in [2.24, 2.45) is 0 Å². The van der Waals surface area contributed by atoms with Crippen molar-refractivity contribution in [3.8, 4) is 5.95 Å². The van der Waals surface area contributed by atoms with E-state index >= 15 is 0 Å². The number of aromatic nitrogens is 5. The summed E-state index contributed by atoms with van der Waals surface area (Å²) in [4.78, 5) is 11.6. The molecule has 4 N–H and O–H groups in total. The zero-order valence-electron chi connectivity index (χ0n) is 9.18. The van der Waals surface area contributed by atoms with E-state index < -0.39 is 0 Å². The standard InChI is InChI=1S/C10H11N7/c1-12-9-15-8(11)17(16-9)10-13-6-4-2-3-5-7(6)14-10/h2-5H,1H3,(H,13,14)(H3,11,12,15,16). The number of H-pyrrole nitrogens is 1. The first-order valence-corrected chi connectivity index (χ1v) is 5.13. The molecule has 0 radical (unpaired) electrons. The maximum atomic E-state index is 5.76. The van der Waals surface area contributed by atoms with Gasteiger partial charge in [0.15, 0.2) is 0 Å². The number of imidazole rings is 1. The molecule has 0 aliphatic carbocycles. The van der Waals surface area contributed by atoms with Gasteiger partial charge in [-0.3, -0.25) is 0 Å². The van der Waals surface area contributed by atoms with Crippen molar-refractivity contribution in [1.82, 2.24) is 24.7 Å². The van der Waals surface area contributed by atoms with Crippen LogP contribution in [0.3, 0.4) is 0 Å². The van der Waals surface area contributed by atoms with Gasteiger partial charge in [-0.1, -0.05) is 12.1 Å². The van der Waals surface area contributed by atoms with Crippen LogP contribution in [0.5, 0.6) is 0 Å². The van der Waals surface area contributed by atoms with Gasteiger partial charge < -0.3 is 16.0 Å². The highest BCUT2D eigenvalue weighted by Gasteiger charge is 2.11. The number of hydrogen-bond acceptors (Lipinski definition) is 5. The van der Waals surface area contributed by atoms with Crippen LogP contribution in [0.1, 0.15) is 0 Å². The summed E-state index contributed by atoms with van der Waals surface area (Å²) in [7, 11) is 1.73. The molecule has 0 unspecified atom stereocenters. The van der Waals surface area contributed by atoms with E-state index in [4.69, 9.17) is 5.73 Å². The molecular weight excluding hydrogens is 218 g/mol. The summed E-state index contributed by atoms with van der Waals surface area (Å²) in [5.74, 6) is 1.30. The van der Waals surface area contributed by atoms with Crippen molar-refractivity contribution in [2.75, 3.05) is 18.1 Å². The SMILES string of the molecule is CNc1nc(N)n(-c2nc3ccccc3[nH]2)n1. The Bertz CT molecular complexity index is 633. The van der Waals surface area contributed by atoms with Gasteiger partial charge in [0.05, 0.1) is 11.0 Å². The molecule has 2 aromatic heterocycles. The predicted molar refractivity (Wildman–Crippen MR) is 65.0 cm³/mol. The molecule has 7 nitrogen and oxygen atoms in total. The minimum Gasteiger partial charge on any atom is -0.368 e. The van der Waals surface area contributed by atoms with Crippen LogP contribution < -0.4 is 11.1 Å². The Kier molecular flexibility index (Phi) is 1.97. The predicted octanol–water partition coefficient (Wildman–Crippen LogP) is 0.767. The molecule has 0 amide bonds. The van der Waals surface area contributed by atoms with E-state index in [1.54, 1.807) is 7.05 Å². The van der Waals surface area contributed by atoms with E-state index in [0.717, 1.165) is 11.0 Å². The summed E-state index contributed by atoms with van der Waals surface area (Å²) in [6.07, 6.45) is 0. The van der Waals surface area contributed by atoms with Gasteiger partial charge in [0.1, 0.15) is 0 Å². The number of anilines is 2. The third-order valence-electron chi connectivity index (χ3n) is 2.43. The van der Waals surface area contributed by atoms with Gasteiger partial charge in [0.25, 0.3) is 0 Å². The van der Waals surface area contributed by atoms with Crippen molar-refractivity contribution in [3.63, 3.8) is 0 Å². The number of benzene rings is 1. The van der Waals surface area contributed by atoms with Crippen LogP contribution in [0, 0.1) is 0 Å². The first-order valence-electron chi connectivity index (χ1n) is 5.13. The van der Waals surface area contributed by atoms with Gasteiger partial charge in [-0.25, -0.2) is 4.98 Å². The van der Waals surface area contributed by atoms with E-state index in [9.17, 15) is 0 Å². The number of rotatable bonds is 2. The average molecular weight is 229 g/mol. The smallest absolute Gasteiger partial charge is 0.244 e. The van der Waals surface area contributed by atoms with E-state index in [-0.39, 0.29) is 5.95 Å². The minimum absolute atomic E-state index is 0.286. The van der Waals surface area contributed by atoms with Crippen LogP contribution in [-0.4, -0.2) is 31.8 Å². The average Bonchev–Trinajstić information content (AvgIpc) is 2.91. The third-order valence-corrected chi connectivity index (χ3v) is 2.43. The molecule has 0 bridgehead atoms. The van der Waals surface area contributed by atoms with E-state index in [2.05, 4.69) is 25.4 Å². The lowest BCUT2D eigenvalue weighted by atomic mass is 10.3. The Morgan fingerprint density at radius 2 is 2.12 bits per heavy atom. The Morgan fingerprint density at radius 1 is 1.29 bits per heavy atom. The largest absolute Gasteiger partial charge is 0.368 e. The molecule has 7 heteroatoms. The molecule has 17 heavy (non-hydrogen) atoms. The van der Waals surface area contributed by atoms with Crippen LogP contribution in [0.4, 0.5) is 11.9 Å². The maximum Gasteiger partial charge on any atom is 0.244 e. The Morgan fingerprint density at radius 3 is 2.82 bits per heavy atom. The number of para-hydroxylation sites is 2. The second-order valence-corrected chi connectivity index (χ2v) is 3.53. The summed E-state index contributed by atoms with van der Waals surface area (Å²) >= 11 is 0. The van der Waals surface area contributed by atoms with Gasteiger partial charge in [-0.2, -0.15) is 9.67 Å². The van der Waals surface area contributed by atoms with E-state index in [1.165, 1.54) is 4.68 Å². The summed E-state index contributed by atoms with van der Waals surface area (Å²) in [6.45, 7) is 0. The molecule has 0 aliphatic rings. The molecule has 0 saturated carbocycles. The Labute approximate surface area is 96.7 Å². The lowest BCUT2D eigenvalue weighted by Gasteiger charge is -1.94. The minimum atomic E-state index is 0.286. The van der Waals surface area contributed by atoms with Crippen LogP contribution in [0.2, 0.25) is 0 Å². The monoisotopic (exact) mass is 229 g/mol. The number of fused-ring (bicyclic) bond motifs is 1. The first-order chi connectivity index (χ1) is 8.28. The molecule has 0 spiro atoms. The fourth-order valence-corrected chi connectivity index (χ4v) is 1.63. The highest BCUT2D eigenvalue weighted by molar-refractivity contribution is 5.76. The number of aromatic amines is 1. The van der Waals surface area contributed by atoms with Crippen LogP contribution >= 0.6 is 0 Å². The van der Waals surface area contributed by atoms with Crippen LogP contribution in [-0.2, 0) is 0 Å². The number of nitrogen functional groups attached to an aromatic ring is 1. The Hall–Kier alpha value is -2.57. The molecule has 0 saturated heterocycles. The summed E-state index contributed by atoms with van der Waals surface area (Å²) in [5.41, 5.74) is 7.56. The fourth-order valence-electron chi connectivity index (χ4n) is 1.63. The maximum absolute atomic E-state index is 5.76. The molecule has 0 aliphatic heterocycles. The van der Waals surface area contributed by atoms with Crippen molar-refractivity contribution < 1.29 is 0 Å². The third kappa shape index (κ3) is 1.48. The van der Waals surface area contributed by atoms with Crippen LogP contribution in [0.15, 0.2) is 24.3 Å². The van der Waals surface area contributed by atoms with Gasteiger partial charge in [0.2, 0.25) is 17.8 Å². The molecule has 86 valence electrons. The number of nitrogens with two attached hydrogens (primary N) is 1. The van der Waals surface area contributed by atoms with Gasteiger partial charge in [0, 0.05) is 7.05 Å². The lowest BCUT2D eigenvalue weighted by Crippen LogP contribution is -2.04. The van der Waals surface area contributed by atoms with Gasteiger partial charge in [-0.05, 0) is 12.1 Å². The zero-order chi connectivity index (χ0) is 11.8. The normalized spacial score (nSPS) is 10.9. The number of nitrogens with one attached hydrogen (secondary N) is 2. The van der Waals surface area contributed by atoms with E-state index in [1.807, 2.05) is 24.3 Å². The quantitative estimate of drug-likeness (QED) is 0.603. The second-order valence-electron chi connectivity index (χ2n) is 3.53. The molecular formula is C10H11N7. The first kappa shape index (κ1) is 9.64. The van der Waals surface area contributed by atoms with Crippen molar-refractivity contribution >= 4 is 22.9 Å². The van der Waals surface area contributed by atoms with Crippen molar-refractivity contribution in [2.45, 2.75) is 0 Å². The van der Waals surface area contributed by atoms with Gasteiger partial charge in [-0.15, -0.1) is 5.10 Å². The molecule has 0 fully saturated rings. The highest BCUT2D eigenvalue weighted by atomic mass is 15.5. The van der Waals surface area contributed by atoms with E-state index in [0.29, 0.717) is 11.9 Å². The molecule has 1 aromatic carbocycles. The number of nitrogens with zero attached hydrogens (tertiary/aromatic N) is 4. The zero-order valence-corrected chi connectivity index (χ0v) is 9.18. The molecule has 3 rings (SSSR count). The summed E-state index contributed by atoms with van der Waals surface area (Å²) in [5, 5.41) is 7.00. The lowest BCUT2D eigenvalue weighted by molar-refractivity contribution is 0.840. The molecule has 2 heterocycles. The van der Waals surface area contributed by atoms with Crippen LogP contribution in [0.25, 0.3) is 17.0 Å². The van der Waals surface area contributed by atoms with Crippen molar-refractivity contribution in [3.05, 3.63) is 24.3 Å². The molecule has 3 aromatic rings. The Balaban J connectivity index is 2.16. The van der Waals surface area contributed by atoms with Gasteiger partial charge >= 0.3 is 0 Å². The van der Waals surface area contributed by atoms with Crippen molar-refractivity contribution in [1.29, 1.82) is 0 Å². The topological polar surface area (TPSA) is 97.4 Å². The fraction of sp³-hybridized carbons (Fsp3) is 0.100. The molecule has 0 atom stereocenters. The summed E-state index contributed by atoms with van der Waals surface area (Å²) < 4.78 is 1.46.